The summed E-state index contributed by atoms with van der Waals surface area (Å²) in [5, 5.41) is 0. The fourth-order valence-electron chi connectivity index (χ4n) is 0.494. The Kier molecular flexibility index (Phi) is 1.36. The number of pyridine rings is 1. The third-order valence-corrected chi connectivity index (χ3v) is 1.99. The van der Waals surface area contributed by atoms with Crippen molar-refractivity contribution in [3.05, 3.63) is 20.8 Å². The monoisotopic (exact) mass is 267 g/mol. The van der Waals surface area contributed by atoms with Gasteiger partial charge in [-0.25, -0.2) is 4.98 Å². The molecular formula is C6H6Br2N2. The van der Waals surface area contributed by atoms with Crippen LogP contribution in [0.5, 0.6) is 0 Å². The van der Waals surface area contributed by atoms with E-state index in [-0.39, 0.29) is 11.3 Å². The van der Waals surface area contributed by atoms with E-state index in [4.69, 9.17) is 9.85 Å². The van der Waals surface area contributed by atoms with Crippen LogP contribution in [-0.2, 0) is 0 Å². The second-order valence-electron chi connectivity index (χ2n) is 1.70. The number of nitrogen functional groups attached to an aromatic ring is 1. The first kappa shape index (κ1) is 4.72. The van der Waals surface area contributed by atoms with Crippen molar-refractivity contribution in [3.63, 3.8) is 0 Å². The van der Waals surface area contributed by atoms with Crippen LogP contribution in [0.3, 0.4) is 0 Å². The Labute approximate surface area is 80.3 Å². The van der Waals surface area contributed by atoms with Gasteiger partial charge in [-0.3, -0.25) is 0 Å². The predicted octanol–water partition coefficient (Wildman–Crippen LogP) is 2.50. The minimum Gasteiger partial charge on any atom is -0.396 e. The van der Waals surface area contributed by atoms with Gasteiger partial charge in [-0.2, -0.15) is 0 Å². The van der Waals surface area contributed by atoms with E-state index in [0.717, 1.165) is 0 Å². The average Bonchev–Trinajstić information content (AvgIpc) is 1.94. The summed E-state index contributed by atoms with van der Waals surface area (Å²) in [6.07, 6.45) is 0. The Balaban J connectivity index is 3.37. The van der Waals surface area contributed by atoms with Gasteiger partial charge >= 0.3 is 0 Å². The highest BCUT2D eigenvalue weighted by molar-refractivity contribution is 9.11. The number of nitrogens with two attached hydrogens (primary N) is 1. The van der Waals surface area contributed by atoms with Gasteiger partial charge in [-0.15, -0.1) is 0 Å². The van der Waals surface area contributed by atoms with Crippen molar-refractivity contribution in [1.29, 1.82) is 0 Å². The first-order valence-electron chi connectivity index (χ1n) is 3.94. The second-order valence-corrected chi connectivity index (χ2v) is 3.26. The van der Waals surface area contributed by atoms with Gasteiger partial charge in [0.1, 0.15) is 9.21 Å². The molecule has 0 amide bonds. The van der Waals surface area contributed by atoms with Gasteiger partial charge in [0.25, 0.3) is 0 Å². The van der Waals surface area contributed by atoms with Crippen LogP contribution >= 0.6 is 31.9 Å². The molecule has 0 spiro atoms. The standard InChI is InChI=1S/C6H6Br2N2/c1-3-2-4(7)10-6(8)5(3)9/h2H,9H2,1H3/i1D3. The summed E-state index contributed by atoms with van der Waals surface area (Å²) in [6, 6.07) is 1.40. The second kappa shape index (κ2) is 2.88. The molecule has 0 saturated heterocycles. The van der Waals surface area contributed by atoms with Crippen molar-refractivity contribution in [2.75, 3.05) is 5.73 Å². The third kappa shape index (κ3) is 1.49. The first-order chi connectivity index (χ1) is 5.82. The van der Waals surface area contributed by atoms with E-state index in [1.807, 2.05) is 0 Å². The maximum absolute atomic E-state index is 7.19. The van der Waals surface area contributed by atoms with Gasteiger partial charge in [-0.05, 0) is 50.3 Å². The maximum atomic E-state index is 7.19. The minimum absolute atomic E-state index is 0.0984. The predicted molar refractivity (Wildman–Crippen MR) is 48.8 cm³/mol. The Hall–Kier alpha value is -0.0900. The summed E-state index contributed by atoms with van der Waals surface area (Å²) in [5.74, 6) is 0. The first-order valence-corrected chi connectivity index (χ1v) is 4.03. The van der Waals surface area contributed by atoms with Crippen LogP contribution in [0.2, 0.25) is 0 Å². The zero-order chi connectivity index (χ0) is 10.2. The molecule has 10 heavy (non-hydrogen) atoms. The Bertz CT molecular complexity index is 337. The van der Waals surface area contributed by atoms with Gasteiger partial charge in [0, 0.05) is 4.11 Å². The van der Waals surface area contributed by atoms with Gasteiger partial charge in [-0.1, -0.05) is 0 Å². The summed E-state index contributed by atoms with van der Waals surface area (Å²) in [7, 11) is 0. The fourth-order valence-corrected chi connectivity index (χ4v) is 1.54. The van der Waals surface area contributed by atoms with E-state index in [2.05, 4.69) is 36.8 Å². The molecule has 0 aliphatic heterocycles. The normalized spacial score (nSPS) is 15.6. The van der Waals surface area contributed by atoms with E-state index in [9.17, 15) is 0 Å². The molecule has 2 N–H and O–H groups in total. The van der Waals surface area contributed by atoms with Crippen molar-refractivity contribution < 1.29 is 4.11 Å². The molecule has 1 heterocycles. The quantitative estimate of drug-likeness (QED) is 0.735. The van der Waals surface area contributed by atoms with Gasteiger partial charge < -0.3 is 5.73 Å². The van der Waals surface area contributed by atoms with Crippen LogP contribution in [0.4, 0.5) is 5.69 Å². The highest BCUT2D eigenvalue weighted by Crippen LogP contribution is 2.23. The molecule has 0 aromatic carbocycles. The van der Waals surface area contributed by atoms with Crippen LogP contribution in [0.25, 0.3) is 0 Å². The molecule has 54 valence electrons. The Morgan fingerprint density at radius 1 is 1.70 bits per heavy atom. The van der Waals surface area contributed by atoms with Crippen LogP contribution in [0, 0.1) is 6.85 Å². The summed E-state index contributed by atoms with van der Waals surface area (Å²) < 4.78 is 22.4. The molecule has 0 aliphatic carbocycles. The zero-order valence-corrected chi connectivity index (χ0v) is 8.03. The smallest absolute Gasteiger partial charge is 0.130 e. The van der Waals surface area contributed by atoms with Crippen molar-refractivity contribution in [3.8, 4) is 0 Å². The summed E-state index contributed by atoms with van der Waals surface area (Å²) in [6.45, 7) is -2.21. The molecule has 0 unspecified atom stereocenters. The highest BCUT2D eigenvalue weighted by atomic mass is 79.9. The lowest BCUT2D eigenvalue weighted by Crippen LogP contribution is -1.93. The van der Waals surface area contributed by atoms with E-state index < -0.39 is 6.85 Å². The number of aromatic nitrogens is 1. The lowest BCUT2D eigenvalue weighted by atomic mass is 10.3. The summed E-state index contributed by atoms with van der Waals surface area (Å²) in [4.78, 5) is 3.91. The lowest BCUT2D eigenvalue weighted by Gasteiger charge is -2.01. The van der Waals surface area contributed by atoms with E-state index in [0.29, 0.717) is 9.21 Å². The lowest BCUT2D eigenvalue weighted by molar-refractivity contribution is 1.21. The molecule has 1 aromatic heterocycles. The Morgan fingerprint density at radius 3 is 3.00 bits per heavy atom. The van der Waals surface area contributed by atoms with Crippen molar-refractivity contribution in [1.82, 2.24) is 4.98 Å². The molecule has 2 nitrogen and oxygen atoms in total. The number of rotatable bonds is 0. The largest absolute Gasteiger partial charge is 0.396 e. The molecule has 0 fully saturated rings. The fraction of sp³-hybridized carbons (Fsp3) is 0.167. The molecule has 0 bridgehead atoms. The summed E-state index contributed by atoms with van der Waals surface area (Å²) in [5.41, 5.74) is 5.80. The molecule has 1 aromatic rings. The zero-order valence-electron chi connectivity index (χ0n) is 7.86. The van der Waals surface area contributed by atoms with Gasteiger partial charge in [0.2, 0.25) is 0 Å². The molecule has 0 radical (unpaired) electrons. The van der Waals surface area contributed by atoms with E-state index in [1.54, 1.807) is 0 Å². The number of hydrogen-bond acceptors (Lipinski definition) is 2. The number of nitrogens with zero attached hydrogens (tertiary/aromatic N) is 1. The molecule has 4 heteroatoms. The van der Waals surface area contributed by atoms with Crippen molar-refractivity contribution in [2.24, 2.45) is 0 Å². The topological polar surface area (TPSA) is 38.9 Å². The number of aryl methyl sites for hydroxylation is 1. The van der Waals surface area contributed by atoms with Crippen molar-refractivity contribution in [2.45, 2.75) is 6.85 Å². The van der Waals surface area contributed by atoms with Crippen LogP contribution in [0.15, 0.2) is 15.3 Å². The Morgan fingerprint density at radius 2 is 2.40 bits per heavy atom. The number of halogens is 2. The number of hydrogen-bond donors (Lipinski definition) is 1. The van der Waals surface area contributed by atoms with Crippen LogP contribution in [0.1, 0.15) is 9.68 Å². The SMILES string of the molecule is [2H]C([2H])([2H])c1cc(Br)nc(Br)c1N. The van der Waals surface area contributed by atoms with Gasteiger partial charge in [0.05, 0.1) is 5.69 Å². The summed E-state index contributed by atoms with van der Waals surface area (Å²) >= 11 is 6.17. The van der Waals surface area contributed by atoms with Crippen molar-refractivity contribution >= 4 is 37.5 Å². The molecular weight excluding hydrogens is 260 g/mol. The molecule has 0 aliphatic rings. The number of anilines is 1. The molecule has 1 rings (SSSR count). The van der Waals surface area contributed by atoms with E-state index in [1.165, 1.54) is 6.07 Å². The highest BCUT2D eigenvalue weighted by Gasteiger charge is 2.00. The molecule has 0 saturated carbocycles. The molecule has 0 atom stereocenters. The average molecular weight is 269 g/mol. The minimum atomic E-state index is -2.21. The van der Waals surface area contributed by atoms with Crippen LogP contribution < -0.4 is 5.73 Å². The van der Waals surface area contributed by atoms with Gasteiger partial charge in [0.15, 0.2) is 0 Å². The third-order valence-electron chi connectivity index (χ3n) is 0.981. The van der Waals surface area contributed by atoms with Crippen LogP contribution in [-0.4, -0.2) is 4.98 Å². The van der Waals surface area contributed by atoms with E-state index >= 15 is 0 Å². The maximum Gasteiger partial charge on any atom is 0.130 e.